The predicted octanol–water partition coefficient (Wildman–Crippen LogP) is 2.43. The van der Waals surface area contributed by atoms with Gasteiger partial charge < -0.3 is 10.2 Å². The summed E-state index contributed by atoms with van der Waals surface area (Å²) in [6.45, 7) is 2.65. The normalized spacial score (nSPS) is 12.2. The minimum atomic E-state index is -0.0465. The summed E-state index contributed by atoms with van der Waals surface area (Å²) in [5.41, 5.74) is 1.13. The van der Waals surface area contributed by atoms with Gasteiger partial charge in [-0.05, 0) is 30.4 Å². The van der Waals surface area contributed by atoms with Crippen molar-refractivity contribution < 1.29 is 4.79 Å². The van der Waals surface area contributed by atoms with E-state index in [1.54, 1.807) is 20.9 Å². The molecule has 20 heavy (non-hydrogen) atoms. The molecule has 0 aliphatic carbocycles. The number of rotatable bonds is 5. The Morgan fingerprint density at radius 1 is 1.60 bits per heavy atom. The van der Waals surface area contributed by atoms with Crippen molar-refractivity contribution in [3.8, 4) is 0 Å². The van der Waals surface area contributed by atoms with E-state index in [2.05, 4.69) is 16.5 Å². The average molecular weight is 292 g/mol. The quantitative estimate of drug-likeness (QED) is 0.920. The van der Waals surface area contributed by atoms with E-state index in [1.165, 1.54) is 4.88 Å². The van der Waals surface area contributed by atoms with Gasteiger partial charge in [-0.3, -0.25) is 4.68 Å². The smallest absolute Gasteiger partial charge is 0.317 e. The molecule has 6 heteroatoms. The molecule has 0 saturated heterocycles. The summed E-state index contributed by atoms with van der Waals surface area (Å²) < 4.78 is 1.77. The van der Waals surface area contributed by atoms with Crippen LogP contribution in [0.5, 0.6) is 0 Å². The molecule has 0 aliphatic heterocycles. The molecule has 0 fully saturated rings. The Bertz CT molecular complexity index is 549. The van der Waals surface area contributed by atoms with Crippen LogP contribution in [0.4, 0.5) is 4.79 Å². The number of amides is 2. The third-order valence-corrected chi connectivity index (χ3v) is 4.35. The second kappa shape index (κ2) is 6.56. The van der Waals surface area contributed by atoms with Crippen molar-refractivity contribution in [2.75, 3.05) is 13.6 Å². The number of urea groups is 1. The number of hydrogen-bond acceptors (Lipinski definition) is 3. The molecule has 2 heterocycles. The number of nitrogens with one attached hydrogen (secondary N) is 1. The molecular weight excluding hydrogens is 272 g/mol. The lowest BCUT2D eigenvalue weighted by Crippen LogP contribution is -2.39. The Morgan fingerprint density at radius 3 is 3.00 bits per heavy atom. The van der Waals surface area contributed by atoms with Crippen LogP contribution < -0.4 is 5.32 Å². The highest BCUT2D eigenvalue weighted by atomic mass is 32.1. The second-order valence-electron chi connectivity index (χ2n) is 4.81. The number of aryl methyl sites for hydroxylation is 1. The van der Waals surface area contributed by atoms with Crippen molar-refractivity contribution in [2.45, 2.75) is 19.4 Å². The van der Waals surface area contributed by atoms with Crippen molar-refractivity contribution in [3.05, 3.63) is 40.3 Å². The molecule has 0 unspecified atom stereocenters. The van der Waals surface area contributed by atoms with Crippen LogP contribution in [0.2, 0.25) is 0 Å². The molecule has 108 valence electrons. The number of nitrogens with zero attached hydrogens (tertiary/aromatic N) is 3. The summed E-state index contributed by atoms with van der Waals surface area (Å²) in [4.78, 5) is 15.0. The Kier molecular flexibility index (Phi) is 4.79. The first-order valence-electron chi connectivity index (χ1n) is 6.59. The number of carbonyl (C=O) groups excluding carboxylic acids is 1. The second-order valence-corrected chi connectivity index (χ2v) is 5.79. The minimum Gasteiger partial charge on any atom is -0.338 e. The van der Waals surface area contributed by atoms with Crippen LogP contribution in [0, 0.1) is 0 Å². The summed E-state index contributed by atoms with van der Waals surface area (Å²) >= 11 is 1.67. The third-order valence-electron chi connectivity index (χ3n) is 3.30. The molecule has 1 atom stereocenters. The molecule has 2 aromatic heterocycles. The van der Waals surface area contributed by atoms with Crippen LogP contribution in [-0.4, -0.2) is 34.3 Å². The highest BCUT2D eigenvalue weighted by molar-refractivity contribution is 7.10. The molecule has 0 radical (unpaired) electrons. The van der Waals surface area contributed by atoms with E-state index in [1.807, 2.05) is 44.9 Å². The molecule has 1 N–H and O–H groups in total. The lowest BCUT2D eigenvalue weighted by Gasteiger charge is -2.24. The molecule has 0 spiro atoms. The summed E-state index contributed by atoms with van der Waals surface area (Å²) in [6.07, 6.45) is 4.58. The maximum absolute atomic E-state index is 12.1. The molecular formula is C14H20N4OS. The maximum Gasteiger partial charge on any atom is 0.317 e. The van der Waals surface area contributed by atoms with Gasteiger partial charge in [0.25, 0.3) is 0 Å². The lowest BCUT2D eigenvalue weighted by atomic mass is 10.2. The van der Waals surface area contributed by atoms with Crippen LogP contribution in [0.15, 0.2) is 29.9 Å². The van der Waals surface area contributed by atoms with E-state index in [9.17, 15) is 4.79 Å². The molecule has 0 aliphatic rings. The largest absolute Gasteiger partial charge is 0.338 e. The van der Waals surface area contributed by atoms with Crippen LogP contribution >= 0.6 is 11.3 Å². The van der Waals surface area contributed by atoms with Gasteiger partial charge in [0, 0.05) is 31.7 Å². The Balaban J connectivity index is 1.79. The van der Waals surface area contributed by atoms with Crippen molar-refractivity contribution >= 4 is 17.4 Å². The van der Waals surface area contributed by atoms with Crippen molar-refractivity contribution in [2.24, 2.45) is 7.05 Å². The van der Waals surface area contributed by atoms with E-state index in [0.29, 0.717) is 6.54 Å². The van der Waals surface area contributed by atoms with Gasteiger partial charge in [-0.1, -0.05) is 6.07 Å². The summed E-state index contributed by atoms with van der Waals surface area (Å²) in [6, 6.07) is 4.10. The van der Waals surface area contributed by atoms with Crippen LogP contribution in [0.3, 0.4) is 0 Å². The standard InChI is InChI=1S/C14H20N4OS/c1-11(13-5-4-8-20-13)18(3)14(19)15-7-6-12-9-16-17(2)10-12/h4-5,8-11H,6-7H2,1-3H3,(H,15,19)/t11-/m0/s1. The first-order chi connectivity index (χ1) is 9.58. The molecule has 5 nitrogen and oxygen atoms in total. The monoisotopic (exact) mass is 292 g/mol. The molecule has 2 rings (SSSR count). The van der Waals surface area contributed by atoms with E-state index in [-0.39, 0.29) is 12.1 Å². The molecule has 2 aromatic rings. The fourth-order valence-electron chi connectivity index (χ4n) is 1.94. The van der Waals surface area contributed by atoms with Crippen molar-refractivity contribution in [3.63, 3.8) is 0 Å². The topological polar surface area (TPSA) is 50.2 Å². The minimum absolute atomic E-state index is 0.0465. The van der Waals surface area contributed by atoms with Crippen molar-refractivity contribution in [1.29, 1.82) is 0 Å². The third kappa shape index (κ3) is 3.60. The van der Waals surface area contributed by atoms with Crippen LogP contribution in [-0.2, 0) is 13.5 Å². The summed E-state index contributed by atoms with van der Waals surface area (Å²) in [7, 11) is 3.71. The first kappa shape index (κ1) is 14.6. The lowest BCUT2D eigenvalue weighted by molar-refractivity contribution is 0.195. The molecule has 0 saturated carbocycles. The highest BCUT2D eigenvalue weighted by Crippen LogP contribution is 2.23. The Hall–Kier alpha value is -1.82. The van der Waals surface area contributed by atoms with Gasteiger partial charge in [-0.15, -0.1) is 11.3 Å². The van der Waals surface area contributed by atoms with Gasteiger partial charge >= 0.3 is 6.03 Å². The highest BCUT2D eigenvalue weighted by Gasteiger charge is 2.17. The molecule has 0 bridgehead atoms. The zero-order valence-electron chi connectivity index (χ0n) is 12.0. The van der Waals surface area contributed by atoms with Gasteiger partial charge in [0.15, 0.2) is 0 Å². The van der Waals surface area contributed by atoms with Crippen LogP contribution in [0.25, 0.3) is 0 Å². The molecule has 0 aromatic carbocycles. The van der Waals surface area contributed by atoms with Crippen molar-refractivity contribution in [1.82, 2.24) is 20.0 Å². The zero-order chi connectivity index (χ0) is 14.5. The number of aromatic nitrogens is 2. The van der Waals surface area contributed by atoms with E-state index < -0.39 is 0 Å². The van der Waals surface area contributed by atoms with E-state index in [4.69, 9.17) is 0 Å². The van der Waals surface area contributed by atoms with Gasteiger partial charge in [0.1, 0.15) is 0 Å². The number of carbonyl (C=O) groups is 1. The fraction of sp³-hybridized carbons (Fsp3) is 0.429. The Morgan fingerprint density at radius 2 is 2.40 bits per heavy atom. The fourth-order valence-corrected chi connectivity index (χ4v) is 2.76. The average Bonchev–Trinajstić information content (AvgIpc) is 3.08. The van der Waals surface area contributed by atoms with Gasteiger partial charge in [-0.25, -0.2) is 4.79 Å². The van der Waals surface area contributed by atoms with Gasteiger partial charge in [-0.2, -0.15) is 5.10 Å². The number of thiophene rings is 1. The maximum atomic E-state index is 12.1. The van der Waals surface area contributed by atoms with Gasteiger partial charge in [0.2, 0.25) is 0 Å². The predicted molar refractivity (Wildman–Crippen MR) is 80.8 cm³/mol. The summed E-state index contributed by atoms with van der Waals surface area (Å²) in [5.74, 6) is 0. The number of hydrogen-bond donors (Lipinski definition) is 1. The van der Waals surface area contributed by atoms with Gasteiger partial charge in [0.05, 0.1) is 12.2 Å². The first-order valence-corrected chi connectivity index (χ1v) is 7.47. The van der Waals surface area contributed by atoms with Crippen LogP contribution in [0.1, 0.15) is 23.4 Å². The summed E-state index contributed by atoms with van der Waals surface area (Å²) in [5, 5.41) is 9.07. The Labute approximate surface area is 123 Å². The van der Waals surface area contributed by atoms with E-state index in [0.717, 1.165) is 12.0 Å². The van der Waals surface area contributed by atoms with E-state index >= 15 is 0 Å². The molecule has 2 amide bonds. The zero-order valence-corrected chi connectivity index (χ0v) is 12.9. The SMILES string of the molecule is C[C@@H](c1cccs1)N(C)C(=O)NCCc1cnn(C)c1.